The minimum atomic E-state index is -0.429. The van der Waals surface area contributed by atoms with Crippen LogP contribution in [0.15, 0.2) is 84.0 Å². The van der Waals surface area contributed by atoms with Gasteiger partial charge in [-0.2, -0.15) is 0 Å². The Morgan fingerprint density at radius 2 is 1.71 bits per heavy atom. The van der Waals surface area contributed by atoms with Crippen LogP contribution in [0.3, 0.4) is 0 Å². The first-order valence-electron chi connectivity index (χ1n) is 10.8. The maximum atomic E-state index is 12.3. The largest absolute Gasteiger partial charge is 0.326 e. The van der Waals surface area contributed by atoms with Gasteiger partial charge in [0.1, 0.15) is 0 Å². The number of nitrogens with zero attached hydrogens (tertiary/aromatic N) is 4. The molecule has 34 heavy (non-hydrogen) atoms. The lowest BCUT2D eigenvalue weighted by molar-refractivity contribution is -0.384. The molecule has 1 N–H and O–H groups in total. The number of hydrogen-bond acceptors (Lipinski definition) is 6. The van der Waals surface area contributed by atoms with Crippen LogP contribution in [0, 0.1) is 17.0 Å². The highest BCUT2D eigenvalue weighted by Crippen LogP contribution is 2.29. The number of aryl methyl sites for hydroxylation is 1. The van der Waals surface area contributed by atoms with Crippen LogP contribution in [0.4, 0.5) is 11.4 Å². The number of non-ortho nitro benzene ring substituents is 1. The Bertz CT molecular complexity index is 1270. The predicted octanol–water partition coefficient (Wildman–Crippen LogP) is 5.66. The number of para-hydroxylation sites is 1. The molecule has 0 spiro atoms. The quantitative estimate of drug-likeness (QED) is 0.146. The fourth-order valence-electron chi connectivity index (χ4n) is 3.35. The second-order valence-corrected chi connectivity index (χ2v) is 8.71. The first-order valence-corrected chi connectivity index (χ1v) is 11.7. The lowest BCUT2D eigenvalue weighted by Crippen LogP contribution is -2.11. The van der Waals surface area contributed by atoms with Crippen LogP contribution in [0.2, 0.25) is 0 Å². The van der Waals surface area contributed by atoms with Gasteiger partial charge in [-0.15, -0.1) is 10.2 Å². The van der Waals surface area contributed by atoms with E-state index in [1.165, 1.54) is 23.9 Å². The number of benzene rings is 3. The van der Waals surface area contributed by atoms with E-state index in [2.05, 4.69) is 15.5 Å². The molecule has 4 rings (SSSR count). The van der Waals surface area contributed by atoms with E-state index in [1.54, 1.807) is 12.1 Å². The predicted molar refractivity (Wildman–Crippen MR) is 133 cm³/mol. The minimum Gasteiger partial charge on any atom is -0.326 e. The average Bonchev–Trinajstić information content (AvgIpc) is 3.28. The molecular formula is C25H23N5O3S. The van der Waals surface area contributed by atoms with Crippen LogP contribution in [0.5, 0.6) is 0 Å². The van der Waals surface area contributed by atoms with Gasteiger partial charge >= 0.3 is 0 Å². The third kappa shape index (κ3) is 5.68. The SMILES string of the molecule is Cc1ccc(NC(=O)CCCSc2nnc(-c3ccc([N+](=O)[O-])cc3)n2-c2ccccc2)cc1. The Morgan fingerprint density at radius 3 is 2.38 bits per heavy atom. The molecule has 172 valence electrons. The number of aromatic nitrogens is 3. The van der Waals surface area contributed by atoms with Crippen LogP contribution in [0.1, 0.15) is 18.4 Å². The minimum absolute atomic E-state index is 0.0213. The number of carbonyl (C=O) groups is 1. The Hall–Kier alpha value is -3.98. The lowest BCUT2D eigenvalue weighted by Gasteiger charge is -2.10. The molecule has 3 aromatic carbocycles. The molecule has 4 aromatic rings. The highest BCUT2D eigenvalue weighted by molar-refractivity contribution is 7.99. The summed E-state index contributed by atoms with van der Waals surface area (Å²) in [5.41, 5.74) is 3.57. The van der Waals surface area contributed by atoms with E-state index in [0.29, 0.717) is 29.6 Å². The van der Waals surface area contributed by atoms with Gasteiger partial charge in [-0.05, 0) is 49.7 Å². The fraction of sp³-hybridized carbons (Fsp3) is 0.160. The van der Waals surface area contributed by atoms with Gasteiger partial charge in [-0.25, -0.2) is 0 Å². The molecule has 1 amide bonds. The molecule has 1 aromatic heterocycles. The molecular weight excluding hydrogens is 450 g/mol. The van der Waals surface area contributed by atoms with Crippen molar-refractivity contribution < 1.29 is 9.72 Å². The summed E-state index contributed by atoms with van der Waals surface area (Å²) < 4.78 is 1.93. The molecule has 0 unspecified atom stereocenters. The van der Waals surface area contributed by atoms with Crippen molar-refractivity contribution in [3.8, 4) is 17.1 Å². The van der Waals surface area contributed by atoms with Crippen molar-refractivity contribution in [2.24, 2.45) is 0 Å². The van der Waals surface area contributed by atoms with Crippen molar-refractivity contribution in [3.05, 3.63) is 94.5 Å². The van der Waals surface area contributed by atoms with E-state index >= 15 is 0 Å². The van der Waals surface area contributed by atoms with Gasteiger partial charge in [0.2, 0.25) is 5.91 Å². The number of thioether (sulfide) groups is 1. The molecule has 1 heterocycles. The Kier molecular flexibility index (Phi) is 7.34. The smallest absolute Gasteiger partial charge is 0.269 e. The number of rotatable bonds is 9. The number of nitrogens with one attached hydrogen (secondary N) is 1. The molecule has 0 bridgehead atoms. The summed E-state index contributed by atoms with van der Waals surface area (Å²) in [6, 6.07) is 23.7. The molecule has 0 fully saturated rings. The number of nitro groups is 1. The van der Waals surface area contributed by atoms with E-state index in [1.807, 2.05) is 66.1 Å². The van der Waals surface area contributed by atoms with Crippen molar-refractivity contribution in [3.63, 3.8) is 0 Å². The third-order valence-electron chi connectivity index (χ3n) is 5.10. The number of carbonyl (C=O) groups excluding carboxylic acids is 1. The third-order valence-corrected chi connectivity index (χ3v) is 6.11. The van der Waals surface area contributed by atoms with Gasteiger partial charge in [0, 0.05) is 41.2 Å². The Balaban J connectivity index is 1.45. The molecule has 0 saturated heterocycles. The molecule has 0 atom stereocenters. The maximum Gasteiger partial charge on any atom is 0.269 e. The zero-order valence-electron chi connectivity index (χ0n) is 18.5. The maximum absolute atomic E-state index is 12.3. The molecule has 8 nitrogen and oxygen atoms in total. The lowest BCUT2D eigenvalue weighted by atomic mass is 10.2. The molecule has 9 heteroatoms. The summed E-state index contributed by atoms with van der Waals surface area (Å²) in [4.78, 5) is 22.8. The first-order chi connectivity index (χ1) is 16.5. The van der Waals surface area contributed by atoms with Crippen LogP contribution < -0.4 is 5.32 Å². The van der Waals surface area contributed by atoms with Crippen molar-refractivity contribution in [1.82, 2.24) is 14.8 Å². The molecule has 0 radical (unpaired) electrons. The van der Waals surface area contributed by atoms with Gasteiger partial charge in [0.15, 0.2) is 11.0 Å². The molecule has 0 saturated carbocycles. The van der Waals surface area contributed by atoms with Crippen LogP contribution >= 0.6 is 11.8 Å². The first kappa shape index (κ1) is 23.2. The van der Waals surface area contributed by atoms with Gasteiger partial charge in [0.05, 0.1) is 4.92 Å². The Labute approximate surface area is 201 Å². The normalized spacial score (nSPS) is 10.7. The number of hydrogen-bond donors (Lipinski definition) is 1. The molecule has 0 aliphatic rings. The number of nitro benzene ring substituents is 1. The highest BCUT2D eigenvalue weighted by atomic mass is 32.2. The topological polar surface area (TPSA) is 103 Å². The van der Waals surface area contributed by atoms with E-state index in [4.69, 9.17) is 0 Å². The van der Waals surface area contributed by atoms with E-state index in [0.717, 1.165) is 22.5 Å². The summed E-state index contributed by atoms with van der Waals surface area (Å²) in [5, 5.41) is 23.3. The Morgan fingerprint density at radius 1 is 1.00 bits per heavy atom. The van der Waals surface area contributed by atoms with Crippen molar-refractivity contribution in [1.29, 1.82) is 0 Å². The second-order valence-electron chi connectivity index (χ2n) is 7.65. The number of anilines is 1. The molecule has 0 aliphatic carbocycles. The van der Waals surface area contributed by atoms with Gasteiger partial charge < -0.3 is 5.32 Å². The van der Waals surface area contributed by atoms with E-state index < -0.39 is 4.92 Å². The van der Waals surface area contributed by atoms with Gasteiger partial charge in [-0.1, -0.05) is 47.7 Å². The average molecular weight is 474 g/mol. The van der Waals surface area contributed by atoms with Crippen LogP contribution in [-0.2, 0) is 4.79 Å². The highest BCUT2D eigenvalue weighted by Gasteiger charge is 2.17. The summed E-state index contributed by atoms with van der Waals surface area (Å²) in [5.74, 6) is 1.26. The van der Waals surface area contributed by atoms with E-state index in [9.17, 15) is 14.9 Å². The molecule has 0 aliphatic heterocycles. The fourth-order valence-corrected chi connectivity index (χ4v) is 4.24. The van der Waals surface area contributed by atoms with Crippen LogP contribution in [-0.4, -0.2) is 31.3 Å². The summed E-state index contributed by atoms with van der Waals surface area (Å²) >= 11 is 1.52. The van der Waals surface area contributed by atoms with Crippen LogP contribution in [0.25, 0.3) is 17.1 Å². The van der Waals surface area contributed by atoms with Crippen molar-refractivity contribution in [2.75, 3.05) is 11.1 Å². The summed E-state index contributed by atoms with van der Waals surface area (Å²) in [6.07, 6.45) is 1.08. The van der Waals surface area contributed by atoms with Gasteiger partial charge in [-0.3, -0.25) is 19.5 Å². The zero-order chi connectivity index (χ0) is 23.9. The van der Waals surface area contributed by atoms with Crippen molar-refractivity contribution >= 4 is 29.0 Å². The second kappa shape index (κ2) is 10.8. The van der Waals surface area contributed by atoms with E-state index in [-0.39, 0.29) is 11.6 Å². The summed E-state index contributed by atoms with van der Waals surface area (Å²) in [7, 11) is 0. The summed E-state index contributed by atoms with van der Waals surface area (Å²) in [6.45, 7) is 2.00. The number of amides is 1. The standard InChI is InChI=1S/C25H23N5O3S/c1-18-9-13-20(14-10-18)26-23(31)8-5-17-34-25-28-27-24(29(25)21-6-3-2-4-7-21)19-11-15-22(16-12-19)30(32)33/h2-4,6-7,9-16H,5,8,17H2,1H3,(H,26,31). The zero-order valence-corrected chi connectivity index (χ0v) is 19.4. The van der Waals surface area contributed by atoms with Gasteiger partial charge in [0.25, 0.3) is 5.69 Å². The van der Waals surface area contributed by atoms with Crippen molar-refractivity contribution in [2.45, 2.75) is 24.9 Å². The monoisotopic (exact) mass is 473 g/mol.